The fourth-order valence-corrected chi connectivity index (χ4v) is 3.20. The summed E-state index contributed by atoms with van der Waals surface area (Å²) in [5.41, 5.74) is 1.82. The molecular formula is C24H21NO4. The van der Waals surface area contributed by atoms with Crippen LogP contribution in [0.2, 0.25) is 0 Å². The van der Waals surface area contributed by atoms with E-state index >= 15 is 0 Å². The number of hydrogen-bond donors (Lipinski definition) is 0. The Balaban J connectivity index is 1.68. The number of hydrogen-bond acceptors (Lipinski definition) is 5. The van der Waals surface area contributed by atoms with Gasteiger partial charge in [-0.2, -0.15) is 0 Å². The van der Waals surface area contributed by atoms with E-state index < -0.39 is 5.97 Å². The van der Waals surface area contributed by atoms with Gasteiger partial charge >= 0.3 is 5.97 Å². The van der Waals surface area contributed by atoms with Crippen molar-refractivity contribution in [2.24, 2.45) is 4.99 Å². The Labute approximate surface area is 169 Å². The Hall–Kier alpha value is -3.60. The molecule has 4 rings (SSSR count). The first-order valence-electron chi connectivity index (χ1n) is 9.51. The minimum atomic E-state index is -0.474. The molecule has 1 aliphatic heterocycles. The third-order valence-corrected chi connectivity index (χ3v) is 4.59. The summed E-state index contributed by atoms with van der Waals surface area (Å²) < 4.78 is 16.5. The summed E-state index contributed by atoms with van der Waals surface area (Å²) in [4.78, 5) is 16.8. The van der Waals surface area contributed by atoms with Crippen LogP contribution in [0.25, 0.3) is 16.8 Å². The van der Waals surface area contributed by atoms with Crippen LogP contribution in [0.5, 0.6) is 11.5 Å². The zero-order valence-electron chi connectivity index (χ0n) is 16.3. The summed E-state index contributed by atoms with van der Waals surface area (Å²) in [5, 5.41) is 2.05. The zero-order valence-corrected chi connectivity index (χ0v) is 16.3. The number of nitrogens with zero attached hydrogens (tertiary/aromatic N) is 1. The first kappa shape index (κ1) is 18.7. The second kappa shape index (κ2) is 8.19. The van der Waals surface area contributed by atoms with Crippen molar-refractivity contribution in [3.05, 3.63) is 77.5 Å². The summed E-state index contributed by atoms with van der Waals surface area (Å²) in [6.07, 6.45) is 2.60. The summed E-state index contributed by atoms with van der Waals surface area (Å²) in [6.45, 7) is 2.66. The second-order valence-corrected chi connectivity index (χ2v) is 6.62. The first-order valence-corrected chi connectivity index (χ1v) is 9.51. The molecule has 0 saturated heterocycles. The molecule has 146 valence electrons. The monoisotopic (exact) mass is 387 g/mol. The van der Waals surface area contributed by atoms with E-state index in [2.05, 4.69) is 4.99 Å². The highest BCUT2D eigenvalue weighted by atomic mass is 16.6. The lowest BCUT2D eigenvalue weighted by atomic mass is 10.0. The standard InChI is InChI=1S/C24H21NO4/c1-3-13-28-21-12-11-16(15-22(21)27-2)14-20-24(26)29-23(25-20)19-10-6-8-17-7-4-5-9-18(17)19/h4-12,14-15H,3,13H2,1-2H3/b20-14+. The third-order valence-electron chi connectivity index (χ3n) is 4.59. The van der Waals surface area contributed by atoms with Gasteiger partial charge in [0.2, 0.25) is 5.90 Å². The highest BCUT2D eigenvalue weighted by Gasteiger charge is 2.25. The normalized spacial score (nSPS) is 14.8. The van der Waals surface area contributed by atoms with E-state index in [9.17, 15) is 4.79 Å². The van der Waals surface area contributed by atoms with Crippen molar-refractivity contribution in [2.75, 3.05) is 13.7 Å². The number of methoxy groups -OCH3 is 1. The number of carbonyl (C=O) groups excluding carboxylic acids is 1. The molecule has 3 aromatic rings. The fraction of sp³-hybridized carbons (Fsp3) is 0.167. The molecule has 1 aliphatic rings. The molecule has 0 saturated carbocycles. The van der Waals surface area contributed by atoms with Crippen LogP contribution in [0, 0.1) is 0 Å². The van der Waals surface area contributed by atoms with Crippen molar-refractivity contribution in [1.29, 1.82) is 0 Å². The van der Waals surface area contributed by atoms with Crippen LogP contribution >= 0.6 is 0 Å². The predicted octanol–water partition coefficient (Wildman–Crippen LogP) is 4.98. The number of rotatable bonds is 6. The Bertz CT molecular complexity index is 1130. The summed E-state index contributed by atoms with van der Waals surface area (Å²) in [7, 11) is 1.59. The molecule has 5 heteroatoms. The molecule has 0 aliphatic carbocycles. The van der Waals surface area contributed by atoms with Crippen molar-refractivity contribution in [1.82, 2.24) is 0 Å². The van der Waals surface area contributed by atoms with Crippen molar-refractivity contribution in [3.63, 3.8) is 0 Å². The molecule has 0 fully saturated rings. The lowest BCUT2D eigenvalue weighted by Gasteiger charge is -2.10. The Morgan fingerprint density at radius 2 is 1.86 bits per heavy atom. The molecule has 1 heterocycles. The lowest BCUT2D eigenvalue weighted by Crippen LogP contribution is -2.05. The van der Waals surface area contributed by atoms with Crippen molar-refractivity contribution in [2.45, 2.75) is 13.3 Å². The fourth-order valence-electron chi connectivity index (χ4n) is 3.20. The highest BCUT2D eigenvalue weighted by molar-refractivity contribution is 6.17. The molecule has 0 bridgehead atoms. The Kier molecular flexibility index (Phi) is 5.29. The number of fused-ring (bicyclic) bond motifs is 1. The van der Waals surface area contributed by atoms with E-state index in [1.165, 1.54) is 0 Å². The minimum absolute atomic E-state index is 0.247. The van der Waals surface area contributed by atoms with Gasteiger partial charge in [-0.1, -0.05) is 49.4 Å². The lowest BCUT2D eigenvalue weighted by molar-refractivity contribution is -0.129. The van der Waals surface area contributed by atoms with Gasteiger partial charge in [0.05, 0.1) is 13.7 Å². The number of ether oxygens (including phenoxy) is 3. The first-order chi connectivity index (χ1) is 14.2. The maximum absolute atomic E-state index is 12.4. The van der Waals surface area contributed by atoms with E-state index in [0.717, 1.165) is 28.3 Å². The van der Waals surface area contributed by atoms with Crippen LogP contribution < -0.4 is 9.47 Å². The molecule has 0 aromatic heterocycles. The van der Waals surface area contributed by atoms with E-state index in [-0.39, 0.29) is 5.70 Å². The zero-order chi connectivity index (χ0) is 20.2. The third kappa shape index (κ3) is 3.85. The van der Waals surface area contributed by atoms with Gasteiger partial charge in [-0.05, 0) is 47.0 Å². The number of benzene rings is 3. The van der Waals surface area contributed by atoms with Crippen LogP contribution in [0.15, 0.2) is 71.4 Å². The minimum Gasteiger partial charge on any atom is -0.493 e. The van der Waals surface area contributed by atoms with E-state index in [1.807, 2.05) is 67.6 Å². The number of carbonyl (C=O) groups is 1. The quantitative estimate of drug-likeness (QED) is 0.442. The van der Waals surface area contributed by atoms with Gasteiger partial charge in [-0.3, -0.25) is 0 Å². The average Bonchev–Trinajstić information content (AvgIpc) is 3.12. The molecule has 0 amide bonds. The van der Waals surface area contributed by atoms with Gasteiger partial charge in [0, 0.05) is 5.56 Å². The topological polar surface area (TPSA) is 57.1 Å². The molecule has 0 spiro atoms. The predicted molar refractivity (Wildman–Crippen MR) is 113 cm³/mol. The second-order valence-electron chi connectivity index (χ2n) is 6.62. The average molecular weight is 387 g/mol. The van der Waals surface area contributed by atoms with Crippen molar-refractivity contribution < 1.29 is 19.0 Å². The van der Waals surface area contributed by atoms with Gasteiger partial charge in [-0.15, -0.1) is 0 Å². The number of esters is 1. The van der Waals surface area contributed by atoms with Crippen molar-refractivity contribution in [3.8, 4) is 11.5 Å². The van der Waals surface area contributed by atoms with Crippen LogP contribution in [-0.2, 0) is 9.53 Å². The molecular weight excluding hydrogens is 366 g/mol. The molecule has 29 heavy (non-hydrogen) atoms. The number of cyclic esters (lactones) is 1. The van der Waals surface area contributed by atoms with E-state index in [4.69, 9.17) is 14.2 Å². The SMILES string of the molecule is CCCOc1ccc(/C=C2/N=C(c3cccc4ccccc34)OC2=O)cc1OC. The highest BCUT2D eigenvalue weighted by Crippen LogP contribution is 2.30. The van der Waals surface area contributed by atoms with E-state index in [1.54, 1.807) is 13.2 Å². The van der Waals surface area contributed by atoms with Crippen LogP contribution in [-0.4, -0.2) is 25.6 Å². The molecule has 0 N–H and O–H groups in total. The smallest absolute Gasteiger partial charge is 0.363 e. The summed E-state index contributed by atoms with van der Waals surface area (Å²) in [6, 6.07) is 19.3. The van der Waals surface area contributed by atoms with E-state index in [0.29, 0.717) is 24.0 Å². The molecule has 5 nitrogen and oxygen atoms in total. The van der Waals surface area contributed by atoms with Gasteiger partial charge in [-0.25, -0.2) is 9.79 Å². The van der Waals surface area contributed by atoms with Gasteiger partial charge in [0.15, 0.2) is 17.2 Å². The van der Waals surface area contributed by atoms with Crippen LogP contribution in [0.4, 0.5) is 0 Å². The van der Waals surface area contributed by atoms with Crippen molar-refractivity contribution >= 4 is 28.7 Å². The molecule has 3 aromatic carbocycles. The summed E-state index contributed by atoms with van der Waals surface area (Å²) in [5.74, 6) is 1.12. The van der Waals surface area contributed by atoms with Gasteiger partial charge in [0.25, 0.3) is 0 Å². The molecule has 0 radical (unpaired) electrons. The van der Waals surface area contributed by atoms with Crippen LogP contribution in [0.3, 0.4) is 0 Å². The molecule has 0 unspecified atom stereocenters. The molecule has 0 atom stereocenters. The van der Waals surface area contributed by atoms with Crippen LogP contribution in [0.1, 0.15) is 24.5 Å². The maximum atomic E-state index is 12.4. The Morgan fingerprint density at radius 3 is 2.69 bits per heavy atom. The maximum Gasteiger partial charge on any atom is 0.363 e. The van der Waals surface area contributed by atoms with Gasteiger partial charge in [0.1, 0.15) is 0 Å². The largest absolute Gasteiger partial charge is 0.493 e. The Morgan fingerprint density at radius 1 is 1.03 bits per heavy atom. The summed E-state index contributed by atoms with van der Waals surface area (Å²) >= 11 is 0. The number of aliphatic imine (C=N–C) groups is 1. The van der Waals surface area contributed by atoms with Gasteiger partial charge < -0.3 is 14.2 Å².